The summed E-state index contributed by atoms with van der Waals surface area (Å²) in [6, 6.07) is 14.5. The standard InChI is InChI=1S/C35H53N5O5S/c1-23(2)28(20-24(3)31(41)39-46(44,45)22-26-18-16-25(21-36)17-19-26)40(10)33(43)30(34(4,5)6)38-32(42)29(37-9)35(7,8)27-14-12-11-13-15-27/h11-20,23,28-30,37H,21-22,36H2,1-10H3,(H,38,42)(H,39,41)/b24-20+/t28-,29-,30-/m1/s1. The zero-order valence-electron chi connectivity index (χ0n) is 29.0. The SMILES string of the molecule is CN[C@H](C(=O)N[C@H](C(=O)N(C)[C@H](/C=C(\C)C(=O)NS(=O)(=O)Cc1ccc(CN)cc1)C(C)C)C(C)(C)C)C(C)(C)c1ccccc1. The van der Waals surface area contributed by atoms with Crippen LogP contribution in [0.1, 0.15) is 72.1 Å². The summed E-state index contributed by atoms with van der Waals surface area (Å²) in [4.78, 5) is 42.4. The van der Waals surface area contributed by atoms with Crippen molar-refractivity contribution in [3.05, 3.63) is 82.9 Å². The smallest absolute Gasteiger partial charge is 0.260 e. The van der Waals surface area contributed by atoms with Gasteiger partial charge in [0, 0.05) is 24.6 Å². The number of sulfonamides is 1. The lowest BCUT2D eigenvalue weighted by atomic mass is 9.76. The van der Waals surface area contributed by atoms with Crippen LogP contribution in [0.25, 0.3) is 0 Å². The predicted molar refractivity (Wildman–Crippen MR) is 184 cm³/mol. The van der Waals surface area contributed by atoms with Gasteiger partial charge in [-0.1, -0.05) is 109 Å². The van der Waals surface area contributed by atoms with Crippen LogP contribution in [0.3, 0.4) is 0 Å². The van der Waals surface area contributed by atoms with Crippen molar-refractivity contribution in [1.82, 2.24) is 20.3 Å². The number of hydrogen-bond acceptors (Lipinski definition) is 7. The molecule has 0 saturated heterocycles. The largest absolute Gasteiger partial charge is 0.342 e. The highest BCUT2D eigenvalue weighted by Crippen LogP contribution is 2.29. The molecule has 0 unspecified atom stereocenters. The Morgan fingerprint density at radius 1 is 0.913 bits per heavy atom. The van der Waals surface area contributed by atoms with Gasteiger partial charge in [-0.3, -0.25) is 14.4 Å². The Kier molecular flexibility index (Phi) is 13.3. The van der Waals surface area contributed by atoms with E-state index >= 15 is 0 Å². The van der Waals surface area contributed by atoms with Crippen LogP contribution in [0, 0.1) is 11.3 Å². The van der Waals surface area contributed by atoms with E-state index in [1.165, 1.54) is 11.8 Å². The Bertz CT molecular complexity index is 1480. The van der Waals surface area contributed by atoms with Crippen LogP contribution in [0.4, 0.5) is 0 Å². The van der Waals surface area contributed by atoms with Crippen LogP contribution in [0.15, 0.2) is 66.2 Å². The number of hydrogen-bond donors (Lipinski definition) is 4. The second-order valence-electron chi connectivity index (χ2n) is 13.9. The summed E-state index contributed by atoms with van der Waals surface area (Å²) in [5.74, 6) is -1.92. The van der Waals surface area contributed by atoms with Crippen LogP contribution in [-0.2, 0) is 42.1 Å². The molecule has 254 valence electrons. The zero-order chi connectivity index (χ0) is 35.0. The minimum Gasteiger partial charge on any atom is -0.342 e. The lowest BCUT2D eigenvalue weighted by molar-refractivity contribution is -0.140. The molecule has 0 fully saturated rings. The maximum Gasteiger partial charge on any atom is 0.260 e. The molecule has 5 N–H and O–H groups in total. The molecule has 0 aromatic heterocycles. The summed E-state index contributed by atoms with van der Waals surface area (Å²) in [6.07, 6.45) is 1.60. The number of benzene rings is 2. The van der Waals surface area contributed by atoms with Gasteiger partial charge >= 0.3 is 0 Å². The minimum absolute atomic E-state index is 0.132. The summed E-state index contributed by atoms with van der Waals surface area (Å²) in [7, 11) is -0.634. The Morgan fingerprint density at radius 3 is 1.93 bits per heavy atom. The van der Waals surface area contributed by atoms with E-state index in [9.17, 15) is 22.8 Å². The van der Waals surface area contributed by atoms with Gasteiger partial charge in [0.15, 0.2) is 0 Å². The highest BCUT2D eigenvalue weighted by atomic mass is 32.2. The zero-order valence-corrected chi connectivity index (χ0v) is 29.8. The number of amides is 3. The van der Waals surface area contributed by atoms with Gasteiger partial charge < -0.3 is 21.3 Å². The molecule has 2 aromatic rings. The molecule has 0 saturated carbocycles. The van der Waals surface area contributed by atoms with E-state index in [1.54, 1.807) is 44.4 Å². The summed E-state index contributed by atoms with van der Waals surface area (Å²) in [5, 5.41) is 6.16. The molecule has 2 aromatic carbocycles. The fourth-order valence-corrected chi connectivity index (χ4v) is 6.56. The minimum atomic E-state index is -3.99. The number of nitrogens with one attached hydrogen (secondary N) is 3. The fraction of sp³-hybridized carbons (Fsp3) is 0.514. The lowest BCUT2D eigenvalue weighted by Gasteiger charge is -2.40. The average Bonchev–Trinajstić information content (AvgIpc) is 2.97. The van der Waals surface area contributed by atoms with Crippen LogP contribution in [0.2, 0.25) is 0 Å². The maximum atomic E-state index is 14.1. The maximum absolute atomic E-state index is 14.1. The van der Waals surface area contributed by atoms with E-state index in [0.29, 0.717) is 12.1 Å². The second kappa shape index (κ2) is 15.8. The number of nitrogens with zero attached hydrogens (tertiary/aromatic N) is 1. The Morgan fingerprint density at radius 2 is 1.46 bits per heavy atom. The topological polar surface area (TPSA) is 151 Å². The number of nitrogens with two attached hydrogens (primary N) is 1. The number of carbonyl (C=O) groups excluding carboxylic acids is 3. The molecule has 11 heteroatoms. The molecule has 46 heavy (non-hydrogen) atoms. The first-order valence-electron chi connectivity index (χ1n) is 15.6. The van der Waals surface area contributed by atoms with Gasteiger partial charge in [-0.05, 0) is 42.0 Å². The molecular weight excluding hydrogens is 602 g/mol. The molecule has 10 nitrogen and oxygen atoms in total. The molecule has 3 atom stereocenters. The van der Waals surface area contributed by atoms with Gasteiger partial charge in [-0.2, -0.15) is 0 Å². The molecule has 0 aliphatic rings. The van der Waals surface area contributed by atoms with Crippen LogP contribution >= 0.6 is 0 Å². The molecule has 3 amide bonds. The van der Waals surface area contributed by atoms with Crippen LogP contribution in [0.5, 0.6) is 0 Å². The lowest BCUT2D eigenvalue weighted by Crippen LogP contribution is -2.61. The molecule has 0 heterocycles. The van der Waals surface area contributed by atoms with Crippen molar-refractivity contribution in [1.29, 1.82) is 0 Å². The van der Waals surface area contributed by atoms with Gasteiger partial charge in [-0.25, -0.2) is 13.1 Å². The third kappa shape index (κ3) is 10.2. The van der Waals surface area contributed by atoms with E-state index in [1.807, 2.05) is 78.8 Å². The Balaban J connectivity index is 2.28. The summed E-state index contributed by atoms with van der Waals surface area (Å²) in [5.41, 5.74) is 6.90. The van der Waals surface area contributed by atoms with Crippen molar-refractivity contribution in [2.45, 2.75) is 91.2 Å². The molecule has 0 bridgehead atoms. The fourth-order valence-electron chi connectivity index (χ4n) is 5.41. The Hall–Kier alpha value is -3.54. The van der Waals surface area contributed by atoms with E-state index in [4.69, 9.17) is 5.73 Å². The first-order chi connectivity index (χ1) is 21.2. The molecule has 2 rings (SSSR count). The molecule has 0 radical (unpaired) electrons. The number of likely N-dealkylation sites (N-methyl/N-ethyl adjacent to an activating group) is 2. The van der Waals surface area contributed by atoms with E-state index < -0.39 is 44.9 Å². The van der Waals surface area contributed by atoms with Crippen molar-refractivity contribution < 1.29 is 22.8 Å². The van der Waals surface area contributed by atoms with Crippen molar-refractivity contribution >= 4 is 27.7 Å². The summed E-state index contributed by atoms with van der Waals surface area (Å²) < 4.78 is 27.7. The van der Waals surface area contributed by atoms with E-state index in [0.717, 1.165) is 11.1 Å². The highest BCUT2D eigenvalue weighted by Gasteiger charge is 2.41. The number of rotatable bonds is 14. The number of carbonyl (C=O) groups is 3. The summed E-state index contributed by atoms with van der Waals surface area (Å²) >= 11 is 0. The van der Waals surface area contributed by atoms with Gasteiger partial charge in [0.05, 0.1) is 17.8 Å². The molecule has 0 aliphatic heterocycles. The van der Waals surface area contributed by atoms with Gasteiger partial charge in [0.1, 0.15) is 6.04 Å². The van der Waals surface area contributed by atoms with Crippen LogP contribution in [-0.4, -0.2) is 63.3 Å². The normalized spacial score (nSPS) is 14.7. The third-order valence-corrected chi connectivity index (χ3v) is 9.52. The molecular formula is C35H53N5O5S. The predicted octanol–water partition coefficient (Wildman–Crippen LogP) is 3.62. The van der Waals surface area contributed by atoms with Crippen molar-refractivity contribution in [3.8, 4) is 0 Å². The van der Waals surface area contributed by atoms with Gasteiger partial charge in [0.25, 0.3) is 5.91 Å². The molecule has 0 spiro atoms. The third-order valence-electron chi connectivity index (χ3n) is 8.31. The Labute approximate surface area is 275 Å². The van der Waals surface area contributed by atoms with Crippen molar-refractivity contribution in [2.75, 3.05) is 14.1 Å². The van der Waals surface area contributed by atoms with Gasteiger partial charge in [-0.15, -0.1) is 0 Å². The van der Waals surface area contributed by atoms with Crippen molar-refractivity contribution in [3.63, 3.8) is 0 Å². The van der Waals surface area contributed by atoms with Gasteiger partial charge in [0.2, 0.25) is 21.8 Å². The average molecular weight is 656 g/mol. The first-order valence-corrected chi connectivity index (χ1v) is 17.2. The highest BCUT2D eigenvalue weighted by molar-refractivity contribution is 7.89. The van der Waals surface area contributed by atoms with E-state index in [-0.39, 0.29) is 29.1 Å². The van der Waals surface area contributed by atoms with E-state index in [2.05, 4.69) is 15.4 Å². The monoisotopic (exact) mass is 655 g/mol. The quantitative estimate of drug-likeness (QED) is 0.227. The van der Waals surface area contributed by atoms with Crippen molar-refractivity contribution in [2.24, 2.45) is 17.1 Å². The van der Waals surface area contributed by atoms with Crippen LogP contribution < -0.4 is 21.1 Å². The first kappa shape index (κ1) is 38.6. The second-order valence-corrected chi connectivity index (χ2v) is 15.6. The summed E-state index contributed by atoms with van der Waals surface area (Å²) in [6.45, 7) is 15.3. The molecule has 0 aliphatic carbocycles.